The Kier molecular flexibility index (Phi) is 2.16. The Morgan fingerprint density at radius 2 is 1.87 bits per heavy atom. The van der Waals surface area contributed by atoms with Gasteiger partial charge in [-0.05, 0) is 19.3 Å². The number of allylic oxidation sites excluding steroid dienone is 1. The minimum absolute atomic E-state index is 0.193. The van der Waals surface area contributed by atoms with Crippen molar-refractivity contribution in [2.24, 2.45) is 5.41 Å². The third-order valence-corrected chi connectivity index (χ3v) is 4.26. The number of rotatable bonds is 0. The first-order valence-corrected chi connectivity index (χ1v) is 5.92. The molecule has 0 bridgehead atoms. The van der Waals surface area contributed by atoms with Crippen LogP contribution in [0.3, 0.4) is 0 Å². The van der Waals surface area contributed by atoms with Crippen LogP contribution < -0.4 is 0 Å². The van der Waals surface area contributed by atoms with E-state index in [2.05, 4.69) is 6.08 Å². The summed E-state index contributed by atoms with van der Waals surface area (Å²) in [6.07, 6.45) is 8.75. The van der Waals surface area contributed by atoms with E-state index in [0.29, 0.717) is 13.2 Å². The smallest absolute Gasteiger partial charge is 0.177 e. The molecule has 2 aliphatic carbocycles. The maximum Gasteiger partial charge on any atom is 0.177 e. The summed E-state index contributed by atoms with van der Waals surface area (Å²) >= 11 is 0. The molecule has 3 rings (SSSR count). The van der Waals surface area contributed by atoms with Crippen LogP contribution in [0, 0.1) is 5.41 Å². The molecule has 3 aliphatic rings. The van der Waals surface area contributed by atoms with Crippen LogP contribution >= 0.6 is 0 Å². The van der Waals surface area contributed by atoms with Gasteiger partial charge < -0.3 is 14.6 Å². The fourth-order valence-electron chi connectivity index (χ4n) is 3.47. The molecule has 1 N–H and O–H groups in total. The van der Waals surface area contributed by atoms with Gasteiger partial charge in [-0.25, -0.2) is 0 Å². The number of ether oxygens (including phenoxy) is 2. The lowest BCUT2D eigenvalue weighted by molar-refractivity contribution is -0.272. The van der Waals surface area contributed by atoms with Crippen LogP contribution in [0.2, 0.25) is 0 Å². The van der Waals surface area contributed by atoms with Crippen LogP contribution in [0.5, 0.6) is 0 Å². The van der Waals surface area contributed by atoms with Crippen molar-refractivity contribution in [3.63, 3.8) is 0 Å². The average molecular weight is 210 g/mol. The van der Waals surface area contributed by atoms with Crippen molar-refractivity contribution in [3.8, 4) is 0 Å². The van der Waals surface area contributed by atoms with Gasteiger partial charge in [-0.3, -0.25) is 0 Å². The second-order valence-electron chi connectivity index (χ2n) is 4.89. The standard InChI is InChI=1S/C12H18O3/c13-10-4-3-6-11(10)5-1-2-7-12(11)14-8-9-15-12/h3-4,10,13H,1-2,5-9H2/t10-,11-/m1/s1. The lowest BCUT2D eigenvalue weighted by Crippen LogP contribution is -2.55. The van der Waals surface area contributed by atoms with Gasteiger partial charge in [0, 0.05) is 6.42 Å². The quantitative estimate of drug-likeness (QED) is 0.617. The normalized spacial score (nSPS) is 43.1. The highest BCUT2D eigenvalue weighted by molar-refractivity contribution is 5.17. The van der Waals surface area contributed by atoms with E-state index in [1.54, 1.807) is 0 Å². The summed E-state index contributed by atoms with van der Waals surface area (Å²) in [5.74, 6) is -0.492. The molecule has 2 atom stereocenters. The van der Waals surface area contributed by atoms with E-state index >= 15 is 0 Å². The largest absolute Gasteiger partial charge is 0.388 e. The third kappa shape index (κ3) is 1.17. The molecule has 0 unspecified atom stereocenters. The first-order chi connectivity index (χ1) is 7.29. The van der Waals surface area contributed by atoms with Crippen LogP contribution in [0.1, 0.15) is 32.1 Å². The maximum absolute atomic E-state index is 10.2. The predicted octanol–water partition coefficient (Wildman–Crippen LogP) is 1.61. The second-order valence-corrected chi connectivity index (χ2v) is 4.89. The van der Waals surface area contributed by atoms with Gasteiger partial charge in [-0.2, -0.15) is 0 Å². The Morgan fingerprint density at radius 3 is 2.53 bits per heavy atom. The fraction of sp³-hybridized carbons (Fsp3) is 0.833. The molecule has 0 radical (unpaired) electrons. The van der Waals surface area contributed by atoms with Crippen molar-refractivity contribution in [1.82, 2.24) is 0 Å². The van der Waals surface area contributed by atoms with E-state index in [0.717, 1.165) is 25.7 Å². The summed E-state index contributed by atoms with van der Waals surface area (Å²) in [6, 6.07) is 0. The number of hydrogen-bond donors (Lipinski definition) is 1. The van der Waals surface area contributed by atoms with Gasteiger partial charge in [0.25, 0.3) is 0 Å². The summed E-state index contributed by atoms with van der Waals surface area (Å²) in [4.78, 5) is 0. The van der Waals surface area contributed by atoms with E-state index < -0.39 is 11.9 Å². The van der Waals surface area contributed by atoms with E-state index in [1.807, 2.05) is 6.08 Å². The van der Waals surface area contributed by atoms with E-state index in [-0.39, 0.29) is 5.41 Å². The number of aliphatic hydroxyl groups excluding tert-OH is 1. The van der Waals surface area contributed by atoms with E-state index in [1.165, 1.54) is 6.42 Å². The van der Waals surface area contributed by atoms with Crippen LogP contribution in [-0.4, -0.2) is 30.2 Å². The van der Waals surface area contributed by atoms with Gasteiger partial charge in [-0.15, -0.1) is 0 Å². The Morgan fingerprint density at radius 1 is 1.13 bits per heavy atom. The highest BCUT2D eigenvalue weighted by Crippen LogP contribution is 2.55. The molecule has 0 aromatic heterocycles. The molecule has 84 valence electrons. The summed E-state index contributed by atoms with van der Waals surface area (Å²) in [6.45, 7) is 1.35. The van der Waals surface area contributed by atoms with Crippen molar-refractivity contribution >= 4 is 0 Å². The molecule has 1 aliphatic heterocycles. The van der Waals surface area contributed by atoms with Gasteiger partial charge >= 0.3 is 0 Å². The molecule has 3 heteroatoms. The van der Waals surface area contributed by atoms with Crippen LogP contribution in [0.15, 0.2) is 12.2 Å². The molecule has 1 heterocycles. The SMILES string of the molecule is O[C@@H]1C=CC[C@]12CCCCC21OCCO1. The van der Waals surface area contributed by atoms with Crippen molar-refractivity contribution in [2.75, 3.05) is 13.2 Å². The maximum atomic E-state index is 10.2. The molecular weight excluding hydrogens is 192 g/mol. The van der Waals surface area contributed by atoms with E-state index in [9.17, 15) is 5.11 Å². The van der Waals surface area contributed by atoms with Crippen molar-refractivity contribution in [3.05, 3.63) is 12.2 Å². The molecule has 0 aromatic rings. The molecule has 3 nitrogen and oxygen atoms in total. The highest BCUT2D eigenvalue weighted by atomic mass is 16.7. The Bertz CT molecular complexity index is 281. The zero-order valence-electron chi connectivity index (χ0n) is 8.95. The first kappa shape index (κ1) is 9.82. The molecule has 1 saturated carbocycles. The molecule has 15 heavy (non-hydrogen) atoms. The first-order valence-electron chi connectivity index (χ1n) is 5.92. The lowest BCUT2D eigenvalue weighted by atomic mass is 9.66. The van der Waals surface area contributed by atoms with Gasteiger partial charge in [0.1, 0.15) is 0 Å². The van der Waals surface area contributed by atoms with Gasteiger partial charge in [0.05, 0.1) is 24.7 Å². The second kappa shape index (κ2) is 3.30. The number of hydrogen-bond acceptors (Lipinski definition) is 3. The molecule has 0 amide bonds. The van der Waals surface area contributed by atoms with Crippen molar-refractivity contribution < 1.29 is 14.6 Å². The molecular formula is C12H18O3. The van der Waals surface area contributed by atoms with Crippen LogP contribution in [-0.2, 0) is 9.47 Å². The minimum Gasteiger partial charge on any atom is -0.388 e. The van der Waals surface area contributed by atoms with Crippen molar-refractivity contribution in [2.45, 2.75) is 44.0 Å². The topological polar surface area (TPSA) is 38.7 Å². The summed E-state index contributed by atoms with van der Waals surface area (Å²) in [5, 5.41) is 10.2. The summed E-state index contributed by atoms with van der Waals surface area (Å²) in [5.41, 5.74) is -0.193. The number of aliphatic hydroxyl groups is 1. The zero-order chi connectivity index (χ0) is 10.4. The Labute approximate surface area is 90.1 Å². The van der Waals surface area contributed by atoms with Crippen LogP contribution in [0.25, 0.3) is 0 Å². The Balaban J connectivity index is 1.96. The number of fused-ring (bicyclic) bond motifs is 1. The molecule has 1 saturated heterocycles. The van der Waals surface area contributed by atoms with Crippen LogP contribution in [0.4, 0.5) is 0 Å². The van der Waals surface area contributed by atoms with Gasteiger partial charge in [0.2, 0.25) is 0 Å². The predicted molar refractivity (Wildman–Crippen MR) is 55.3 cm³/mol. The molecule has 2 fully saturated rings. The third-order valence-electron chi connectivity index (χ3n) is 4.26. The van der Waals surface area contributed by atoms with Gasteiger partial charge in [0.15, 0.2) is 5.79 Å². The van der Waals surface area contributed by atoms with Gasteiger partial charge in [-0.1, -0.05) is 18.6 Å². The average Bonchev–Trinajstić information content (AvgIpc) is 2.82. The Hall–Kier alpha value is -0.380. The van der Waals surface area contributed by atoms with E-state index in [4.69, 9.17) is 9.47 Å². The fourth-order valence-corrected chi connectivity index (χ4v) is 3.47. The minimum atomic E-state index is -0.492. The van der Waals surface area contributed by atoms with Crippen molar-refractivity contribution in [1.29, 1.82) is 0 Å². The molecule has 2 spiro atoms. The highest BCUT2D eigenvalue weighted by Gasteiger charge is 2.60. The monoisotopic (exact) mass is 210 g/mol. The lowest BCUT2D eigenvalue weighted by Gasteiger charge is -2.49. The summed E-state index contributed by atoms with van der Waals surface area (Å²) < 4.78 is 11.7. The molecule has 0 aromatic carbocycles. The summed E-state index contributed by atoms with van der Waals surface area (Å²) in [7, 11) is 0. The zero-order valence-corrected chi connectivity index (χ0v) is 8.95.